The van der Waals surface area contributed by atoms with E-state index in [9.17, 15) is 0 Å². The van der Waals surface area contributed by atoms with Crippen LogP contribution in [-0.2, 0) is 6.54 Å². The number of thiophene rings is 1. The van der Waals surface area contributed by atoms with E-state index in [-0.39, 0.29) is 0 Å². The lowest BCUT2D eigenvalue weighted by Gasteiger charge is -2.15. The number of aliphatic imine (C=N–C) groups is 1. The number of nitrogens with one attached hydrogen (secondary N) is 3. The molecule has 0 fully saturated rings. The maximum atomic E-state index is 5.47. The Balaban J connectivity index is 1.76. The highest BCUT2D eigenvalue weighted by Crippen LogP contribution is 2.13. The molecule has 0 aliphatic heterocycles. The Hall–Kier alpha value is -2.84. The highest BCUT2D eigenvalue weighted by Gasteiger charge is 2.08. The minimum Gasteiger partial charge on any atom is -0.332 e. The Morgan fingerprint density at radius 2 is 1.79 bits per heavy atom. The number of hydrogen-bond donors (Lipinski definition) is 3. The number of benzene rings is 1. The number of nitrogens with zero attached hydrogens (tertiary/aromatic N) is 3. The summed E-state index contributed by atoms with van der Waals surface area (Å²) in [5.74, 6) is 0.970. The molecule has 3 N–H and O–H groups in total. The molecule has 6 nitrogen and oxygen atoms in total. The molecule has 144 valence electrons. The van der Waals surface area contributed by atoms with Crippen LogP contribution in [0.4, 0.5) is 11.6 Å². The van der Waals surface area contributed by atoms with Gasteiger partial charge >= 0.3 is 0 Å². The van der Waals surface area contributed by atoms with E-state index in [0.29, 0.717) is 23.6 Å². The summed E-state index contributed by atoms with van der Waals surface area (Å²) in [6, 6.07) is 13.9. The largest absolute Gasteiger partial charge is 0.332 e. The van der Waals surface area contributed by atoms with Crippen molar-refractivity contribution in [3.8, 4) is 0 Å². The van der Waals surface area contributed by atoms with Crippen molar-refractivity contribution in [1.29, 1.82) is 0 Å². The standard InChI is InChI=1S/C20H22N6S2/c1-13-7-4-5-9-17(13)24-20(27)26-18(21-12-16-8-6-10-28-16)25-19-22-14(2)11-15(3)23-19/h4-11H,12H2,1-3H3,(H3,21,22,23,24,25,26,27). The van der Waals surface area contributed by atoms with Gasteiger partial charge in [0.15, 0.2) is 5.11 Å². The SMILES string of the molecule is Cc1cc(C)nc(NC(=NCc2cccs2)NC(=S)Nc2ccccc2C)n1. The Kier molecular flexibility index (Phi) is 6.67. The van der Waals surface area contributed by atoms with Crippen molar-refractivity contribution in [2.24, 2.45) is 4.99 Å². The maximum absolute atomic E-state index is 5.47. The lowest BCUT2D eigenvalue weighted by Crippen LogP contribution is -2.39. The van der Waals surface area contributed by atoms with E-state index in [1.165, 1.54) is 0 Å². The molecule has 0 aliphatic carbocycles. The molecule has 3 aromatic rings. The van der Waals surface area contributed by atoms with Crippen LogP contribution < -0.4 is 16.0 Å². The van der Waals surface area contributed by atoms with Crippen LogP contribution >= 0.6 is 23.6 Å². The van der Waals surface area contributed by atoms with E-state index >= 15 is 0 Å². The molecule has 2 heterocycles. The van der Waals surface area contributed by atoms with Gasteiger partial charge in [-0.15, -0.1) is 11.3 Å². The van der Waals surface area contributed by atoms with E-state index in [1.54, 1.807) is 11.3 Å². The number of aryl methyl sites for hydroxylation is 3. The molecule has 3 rings (SSSR count). The number of hydrogen-bond acceptors (Lipinski definition) is 5. The van der Waals surface area contributed by atoms with Gasteiger partial charge in [-0.1, -0.05) is 24.3 Å². The summed E-state index contributed by atoms with van der Waals surface area (Å²) in [6.45, 7) is 6.42. The fourth-order valence-electron chi connectivity index (χ4n) is 2.53. The quantitative estimate of drug-likeness (QED) is 0.336. The molecule has 2 aromatic heterocycles. The van der Waals surface area contributed by atoms with Crippen LogP contribution in [0.3, 0.4) is 0 Å². The monoisotopic (exact) mass is 410 g/mol. The average Bonchev–Trinajstić information content (AvgIpc) is 3.14. The van der Waals surface area contributed by atoms with Gasteiger partial charge in [-0.05, 0) is 62.1 Å². The lowest BCUT2D eigenvalue weighted by molar-refractivity contribution is 1.04. The van der Waals surface area contributed by atoms with Crippen molar-refractivity contribution >= 4 is 46.3 Å². The van der Waals surface area contributed by atoms with E-state index in [2.05, 4.69) is 30.9 Å². The predicted octanol–water partition coefficient (Wildman–Crippen LogP) is 4.42. The number of guanidine groups is 1. The molecule has 0 saturated carbocycles. The van der Waals surface area contributed by atoms with Gasteiger partial charge in [0.1, 0.15) is 0 Å². The summed E-state index contributed by atoms with van der Waals surface area (Å²) in [7, 11) is 0. The first-order chi connectivity index (χ1) is 13.5. The zero-order valence-electron chi connectivity index (χ0n) is 16.0. The lowest BCUT2D eigenvalue weighted by atomic mass is 10.2. The van der Waals surface area contributed by atoms with Gasteiger partial charge in [0.2, 0.25) is 11.9 Å². The number of anilines is 2. The molecule has 0 aliphatic rings. The van der Waals surface area contributed by atoms with Crippen LogP contribution in [-0.4, -0.2) is 21.0 Å². The Morgan fingerprint density at radius 1 is 1.04 bits per heavy atom. The minimum absolute atomic E-state index is 0.441. The van der Waals surface area contributed by atoms with Crippen molar-refractivity contribution in [3.05, 3.63) is 69.7 Å². The van der Waals surface area contributed by atoms with Crippen molar-refractivity contribution in [2.75, 3.05) is 10.6 Å². The number of thiocarbonyl (C=S) groups is 1. The summed E-state index contributed by atoms with van der Waals surface area (Å²) in [6.07, 6.45) is 0. The average molecular weight is 411 g/mol. The maximum Gasteiger partial charge on any atom is 0.229 e. The van der Waals surface area contributed by atoms with Crippen LogP contribution in [0.5, 0.6) is 0 Å². The molecule has 1 aromatic carbocycles. The van der Waals surface area contributed by atoms with Crippen molar-refractivity contribution in [2.45, 2.75) is 27.3 Å². The fraction of sp³-hybridized carbons (Fsp3) is 0.200. The molecule has 0 radical (unpaired) electrons. The molecule has 0 unspecified atom stereocenters. The van der Waals surface area contributed by atoms with Gasteiger partial charge in [-0.25, -0.2) is 15.0 Å². The first-order valence-corrected chi connectivity index (χ1v) is 10.1. The molecule has 0 atom stereocenters. The molecule has 0 saturated heterocycles. The van der Waals surface area contributed by atoms with Crippen LogP contribution in [0.15, 0.2) is 52.8 Å². The molecular weight excluding hydrogens is 388 g/mol. The Morgan fingerprint density at radius 3 is 2.46 bits per heavy atom. The molecule has 28 heavy (non-hydrogen) atoms. The van der Waals surface area contributed by atoms with E-state index in [0.717, 1.165) is 27.5 Å². The van der Waals surface area contributed by atoms with Crippen LogP contribution in [0, 0.1) is 20.8 Å². The molecular formula is C20H22N6S2. The number of aromatic nitrogens is 2. The first-order valence-electron chi connectivity index (χ1n) is 8.79. The van der Waals surface area contributed by atoms with Gasteiger partial charge in [-0.3, -0.25) is 5.32 Å². The molecule has 0 bridgehead atoms. The van der Waals surface area contributed by atoms with Gasteiger partial charge in [-0.2, -0.15) is 0 Å². The van der Waals surface area contributed by atoms with Crippen LogP contribution in [0.1, 0.15) is 21.8 Å². The molecule has 8 heteroatoms. The third-order valence-corrected chi connectivity index (χ3v) is 4.88. The number of para-hydroxylation sites is 1. The summed E-state index contributed by atoms with van der Waals surface area (Å²) in [4.78, 5) is 14.6. The minimum atomic E-state index is 0.441. The Bertz CT molecular complexity index is 962. The van der Waals surface area contributed by atoms with Crippen molar-refractivity contribution in [1.82, 2.24) is 15.3 Å². The normalized spacial score (nSPS) is 11.2. The summed E-state index contributed by atoms with van der Waals surface area (Å²) in [5.41, 5.74) is 3.82. The first kappa shape index (κ1) is 19.9. The van der Waals surface area contributed by atoms with Gasteiger partial charge in [0, 0.05) is 22.0 Å². The zero-order valence-corrected chi connectivity index (χ0v) is 17.6. The fourth-order valence-corrected chi connectivity index (χ4v) is 3.37. The third kappa shape index (κ3) is 5.83. The number of rotatable bonds is 4. The van der Waals surface area contributed by atoms with Crippen molar-refractivity contribution in [3.63, 3.8) is 0 Å². The Labute approximate surface area is 174 Å². The zero-order chi connectivity index (χ0) is 19.9. The van der Waals surface area contributed by atoms with E-state index in [1.807, 2.05) is 68.6 Å². The highest BCUT2D eigenvalue weighted by atomic mass is 32.1. The second-order valence-electron chi connectivity index (χ2n) is 6.24. The van der Waals surface area contributed by atoms with Crippen molar-refractivity contribution < 1.29 is 0 Å². The second kappa shape index (κ2) is 9.38. The van der Waals surface area contributed by atoms with Crippen LogP contribution in [0.2, 0.25) is 0 Å². The molecule has 0 amide bonds. The summed E-state index contributed by atoms with van der Waals surface area (Å²) in [5, 5.41) is 11.9. The van der Waals surface area contributed by atoms with E-state index < -0.39 is 0 Å². The van der Waals surface area contributed by atoms with Gasteiger partial charge < -0.3 is 10.6 Å². The smallest absolute Gasteiger partial charge is 0.229 e. The summed E-state index contributed by atoms with van der Waals surface area (Å²) < 4.78 is 0. The second-order valence-corrected chi connectivity index (χ2v) is 7.68. The van der Waals surface area contributed by atoms with Crippen LogP contribution in [0.25, 0.3) is 0 Å². The van der Waals surface area contributed by atoms with Gasteiger partial charge in [0.25, 0.3) is 0 Å². The summed E-state index contributed by atoms with van der Waals surface area (Å²) >= 11 is 7.13. The predicted molar refractivity (Wildman–Crippen MR) is 121 cm³/mol. The highest BCUT2D eigenvalue weighted by molar-refractivity contribution is 7.80. The third-order valence-electron chi connectivity index (χ3n) is 3.81. The topological polar surface area (TPSA) is 74.2 Å². The van der Waals surface area contributed by atoms with E-state index in [4.69, 9.17) is 12.2 Å². The molecule has 0 spiro atoms. The van der Waals surface area contributed by atoms with Gasteiger partial charge in [0.05, 0.1) is 6.54 Å².